The molecule has 0 spiro atoms. The van der Waals surface area contributed by atoms with E-state index >= 15 is 0 Å². The lowest BCUT2D eigenvalue weighted by molar-refractivity contribution is -0.384. The van der Waals surface area contributed by atoms with Gasteiger partial charge in [0.25, 0.3) is 11.6 Å². The predicted octanol–water partition coefficient (Wildman–Crippen LogP) is 0.868. The Kier molecular flexibility index (Phi) is 3.89. The highest BCUT2D eigenvalue weighted by molar-refractivity contribution is 5.95. The van der Waals surface area contributed by atoms with E-state index in [0.717, 1.165) is 0 Å². The van der Waals surface area contributed by atoms with E-state index in [1.165, 1.54) is 23.1 Å². The van der Waals surface area contributed by atoms with Crippen LogP contribution in [0.4, 0.5) is 11.4 Å². The molecule has 20 heavy (non-hydrogen) atoms. The van der Waals surface area contributed by atoms with Gasteiger partial charge in [0.15, 0.2) is 0 Å². The molecule has 1 amide bonds. The van der Waals surface area contributed by atoms with E-state index in [1.807, 2.05) is 0 Å². The lowest BCUT2D eigenvalue weighted by atomic mass is 10.1. The summed E-state index contributed by atoms with van der Waals surface area (Å²) < 4.78 is 0. The highest BCUT2D eigenvalue weighted by Gasteiger charge is 2.27. The number of rotatable bonds is 3. The van der Waals surface area contributed by atoms with Crippen LogP contribution in [0, 0.1) is 10.1 Å². The Labute approximate surface area is 116 Å². The van der Waals surface area contributed by atoms with Crippen LogP contribution in [-0.2, 0) is 0 Å². The van der Waals surface area contributed by atoms with Crippen LogP contribution in [0.5, 0.6) is 0 Å². The molecule has 0 radical (unpaired) electrons. The average Bonchev–Trinajstić information content (AvgIpc) is 2.83. The number of nitrogens with zero attached hydrogens (tertiary/aromatic N) is 3. The Hall–Kier alpha value is -2.15. The molecule has 0 bridgehead atoms. The molecule has 0 saturated carbocycles. The highest BCUT2D eigenvalue weighted by Crippen LogP contribution is 2.32. The van der Waals surface area contributed by atoms with E-state index in [2.05, 4.69) is 0 Å². The van der Waals surface area contributed by atoms with Crippen molar-refractivity contribution in [1.82, 2.24) is 4.90 Å². The van der Waals surface area contributed by atoms with Crippen LogP contribution in [0.25, 0.3) is 0 Å². The van der Waals surface area contributed by atoms with Gasteiger partial charge >= 0.3 is 0 Å². The third kappa shape index (κ3) is 2.72. The maximum Gasteiger partial charge on any atom is 0.292 e. The van der Waals surface area contributed by atoms with E-state index in [-0.39, 0.29) is 11.6 Å². The van der Waals surface area contributed by atoms with Gasteiger partial charge in [0.1, 0.15) is 5.69 Å². The zero-order valence-electron chi connectivity index (χ0n) is 11.4. The van der Waals surface area contributed by atoms with Gasteiger partial charge in [0, 0.05) is 38.8 Å². The largest absolute Gasteiger partial charge is 0.391 e. The zero-order chi connectivity index (χ0) is 14.9. The SMILES string of the molecule is CN(C)C(=O)c1ccc([N+](=O)[O-])c(N2CC[C@@H](O)C2)c1. The molecule has 0 unspecified atom stereocenters. The summed E-state index contributed by atoms with van der Waals surface area (Å²) in [7, 11) is 3.26. The number of amides is 1. The molecule has 1 N–H and O–H groups in total. The molecule has 108 valence electrons. The van der Waals surface area contributed by atoms with Gasteiger partial charge in [-0.15, -0.1) is 0 Å². The lowest BCUT2D eigenvalue weighted by Crippen LogP contribution is -2.24. The smallest absolute Gasteiger partial charge is 0.292 e. The average molecular weight is 279 g/mol. The standard InChI is InChI=1S/C13H17N3O4/c1-14(2)13(18)9-3-4-11(16(19)20)12(7-9)15-6-5-10(17)8-15/h3-4,7,10,17H,5-6,8H2,1-2H3/t10-/m1/s1. The molecule has 1 aromatic carbocycles. The minimum atomic E-state index is -0.484. The summed E-state index contributed by atoms with van der Waals surface area (Å²) >= 11 is 0. The van der Waals surface area contributed by atoms with E-state index in [0.29, 0.717) is 30.8 Å². The van der Waals surface area contributed by atoms with Crippen molar-refractivity contribution in [3.8, 4) is 0 Å². The number of β-amino-alcohol motifs (C(OH)–C–C–N with tert-alkyl or cyclic N) is 1. The van der Waals surface area contributed by atoms with Crippen molar-refractivity contribution in [3.05, 3.63) is 33.9 Å². The third-order valence-electron chi connectivity index (χ3n) is 3.33. The van der Waals surface area contributed by atoms with Gasteiger partial charge in [-0.2, -0.15) is 0 Å². The molecule has 1 fully saturated rings. The lowest BCUT2D eigenvalue weighted by Gasteiger charge is -2.19. The molecule has 7 heteroatoms. The first-order valence-corrected chi connectivity index (χ1v) is 6.33. The molecule has 0 aliphatic carbocycles. The van der Waals surface area contributed by atoms with Crippen LogP contribution in [0.3, 0.4) is 0 Å². The van der Waals surface area contributed by atoms with Crippen LogP contribution in [0.15, 0.2) is 18.2 Å². The fourth-order valence-corrected chi connectivity index (χ4v) is 2.28. The molecule has 0 aromatic heterocycles. The molecule has 1 aliphatic heterocycles. The third-order valence-corrected chi connectivity index (χ3v) is 3.33. The molecule has 1 aliphatic rings. The van der Waals surface area contributed by atoms with Gasteiger partial charge < -0.3 is 14.9 Å². The molecule has 1 heterocycles. The monoisotopic (exact) mass is 279 g/mol. The van der Waals surface area contributed by atoms with Crippen LogP contribution < -0.4 is 4.90 Å². The quantitative estimate of drug-likeness (QED) is 0.655. The molecule has 1 saturated heterocycles. The van der Waals surface area contributed by atoms with E-state index in [1.54, 1.807) is 19.0 Å². The molecule has 1 aromatic rings. The summed E-state index contributed by atoms with van der Waals surface area (Å²) in [6, 6.07) is 4.33. The van der Waals surface area contributed by atoms with Crippen LogP contribution in [0.2, 0.25) is 0 Å². The number of hydrogen-bond acceptors (Lipinski definition) is 5. The first kappa shape index (κ1) is 14.3. The van der Waals surface area contributed by atoms with Crippen molar-refractivity contribution >= 4 is 17.3 Å². The second-order valence-corrected chi connectivity index (χ2v) is 5.05. The number of carbonyl (C=O) groups is 1. The molecular formula is C13H17N3O4. The summed E-state index contributed by atoms with van der Waals surface area (Å²) in [6.07, 6.45) is 0.0889. The molecule has 2 rings (SSSR count). The maximum absolute atomic E-state index is 11.9. The summed E-state index contributed by atoms with van der Waals surface area (Å²) in [6.45, 7) is 0.891. The Bertz CT molecular complexity index is 544. The second kappa shape index (κ2) is 5.46. The van der Waals surface area contributed by atoms with E-state index in [9.17, 15) is 20.0 Å². The second-order valence-electron chi connectivity index (χ2n) is 5.05. The Morgan fingerprint density at radius 3 is 2.70 bits per heavy atom. The van der Waals surface area contributed by atoms with Crippen molar-refractivity contribution in [2.75, 3.05) is 32.1 Å². The minimum absolute atomic E-state index is 0.0468. The number of benzene rings is 1. The number of anilines is 1. The van der Waals surface area contributed by atoms with Gasteiger partial charge in [0.05, 0.1) is 11.0 Å². The summed E-state index contributed by atoms with van der Waals surface area (Å²) in [5.74, 6) is -0.208. The fourth-order valence-electron chi connectivity index (χ4n) is 2.28. The number of nitro groups is 1. The molecule has 1 atom stereocenters. The number of nitro benzene ring substituents is 1. The fraction of sp³-hybridized carbons (Fsp3) is 0.462. The van der Waals surface area contributed by atoms with Crippen molar-refractivity contribution in [1.29, 1.82) is 0 Å². The zero-order valence-corrected chi connectivity index (χ0v) is 11.4. The number of carbonyl (C=O) groups excluding carboxylic acids is 1. The van der Waals surface area contributed by atoms with Gasteiger partial charge in [-0.25, -0.2) is 0 Å². The number of aliphatic hydroxyl groups excluding tert-OH is 1. The minimum Gasteiger partial charge on any atom is -0.391 e. The van der Waals surface area contributed by atoms with Gasteiger partial charge in [0.2, 0.25) is 0 Å². The summed E-state index contributed by atoms with van der Waals surface area (Å²) in [4.78, 5) is 25.7. The van der Waals surface area contributed by atoms with Gasteiger partial charge in [-0.05, 0) is 18.6 Å². The summed E-state index contributed by atoms with van der Waals surface area (Å²) in [5.41, 5.74) is 0.741. The van der Waals surface area contributed by atoms with Crippen LogP contribution >= 0.6 is 0 Å². The maximum atomic E-state index is 11.9. The molecule has 7 nitrogen and oxygen atoms in total. The van der Waals surface area contributed by atoms with Crippen LogP contribution in [0.1, 0.15) is 16.8 Å². The van der Waals surface area contributed by atoms with E-state index in [4.69, 9.17) is 0 Å². The number of hydrogen-bond donors (Lipinski definition) is 1. The molecular weight excluding hydrogens is 262 g/mol. The van der Waals surface area contributed by atoms with Crippen molar-refractivity contribution in [3.63, 3.8) is 0 Å². The number of aliphatic hydroxyl groups is 1. The first-order valence-electron chi connectivity index (χ1n) is 6.33. The first-order chi connectivity index (χ1) is 9.40. The van der Waals surface area contributed by atoms with Crippen molar-refractivity contribution in [2.45, 2.75) is 12.5 Å². The van der Waals surface area contributed by atoms with Gasteiger partial charge in [-0.3, -0.25) is 14.9 Å². The topological polar surface area (TPSA) is 86.9 Å². The Morgan fingerprint density at radius 2 is 2.20 bits per heavy atom. The Balaban J connectivity index is 2.42. The highest BCUT2D eigenvalue weighted by atomic mass is 16.6. The Morgan fingerprint density at radius 1 is 1.50 bits per heavy atom. The van der Waals surface area contributed by atoms with Crippen molar-refractivity contribution < 1.29 is 14.8 Å². The van der Waals surface area contributed by atoms with Gasteiger partial charge in [-0.1, -0.05) is 0 Å². The summed E-state index contributed by atoms with van der Waals surface area (Å²) in [5, 5.41) is 20.7. The normalized spacial score (nSPS) is 18.1. The van der Waals surface area contributed by atoms with Crippen LogP contribution in [-0.4, -0.2) is 54.1 Å². The van der Waals surface area contributed by atoms with Crippen molar-refractivity contribution in [2.24, 2.45) is 0 Å². The predicted molar refractivity (Wildman–Crippen MR) is 74.0 cm³/mol. The van der Waals surface area contributed by atoms with E-state index < -0.39 is 11.0 Å².